The molecule has 1 aliphatic heterocycles. The second-order valence-corrected chi connectivity index (χ2v) is 7.10. The van der Waals surface area contributed by atoms with Gasteiger partial charge in [-0.05, 0) is 32.9 Å². The van der Waals surface area contributed by atoms with Gasteiger partial charge in [-0.3, -0.25) is 4.79 Å². The molecule has 0 aliphatic carbocycles. The fourth-order valence-corrected chi connectivity index (χ4v) is 3.29. The third-order valence-corrected chi connectivity index (χ3v) is 4.38. The molecule has 1 amide bonds. The van der Waals surface area contributed by atoms with Crippen molar-refractivity contribution >= 4 is 23.5 Å². The monoisotopic (exact) mass is 279 g/mol. The topological polar surface area (TPSA) is 45.2 Å². The molecular weight excluding hydrogens is 258 g/mol. The SMILES string of the molecule is CCNc1ccc(C(=O)N2CCSC(C)(C)C2)cn1. The average molecular weight is 279 g/mol. The van der Waals surface area contributed by atoms with E-state index in [2.05, 4.69) is 24.1 Å². The van der Waals surface area contributed by atoms with Crippen LogP contribution in [0.15, 0.2) is 18.3 Å². The van der Waals surface area contributed by atoms with Crippen molar-refractivity contribution < 1.29 is 4.79 Å². The minimum atomic E-state index is 0.0870. The summed E-state index contributed by atoms with van der Waals surface area (Å²) in [6.07, 6.45) is 1.66. The molecule has 4 nitrogen and oxygen atoms in total. The molecule has 19 heavy (non-hydrogen) atoms. The number of anilines is 1. The lowest BCUT2D eigenvalue weighted by Gasteiger charge is -2.37. The molecule has 0 spiro atoms. The first-order chi connectivity index (χ1) is 9.02. The van der Waals surface area contributed by atoms with Crippen LogP contribution in [0.2, 0.25) is 0 Å². The van der Waals surface area contributed by atoms with Gasteiger partial charge in [-0.2, -0.15) is 11.8 Å². The average Bonchev–Trinajstić information content (AvgIpc) is 2.38. The van der Waals surface area contributed by atoms with Crippen LogP contribution >= 0.6 is 11.8 Å². The second kappa shape index (κ2) is 5.82. The fraction of sp³-hybridized carbons (Fsp3) is 0.571. The van der Waals surface area contributed by atoms with E-state index in [1.165, 1.54) is 0 Å². The fourth-order valence-electron chi connectivity index (χ4n) is 2.18. The van der Waals surface area contributed by atoms with Crippen LogP contribution in [-0.4, -0.2) is 45.9 Å². The van der Waals surface area contributed by atoms with Gasteiger partial charge in [-0.1, -0.05) is 0 Å². The van der Waals surface area contributed by atoms with E-state index in [0.29, 0.717) is 5.56 Å². The Morgan fingerprint density at radius 3 is 2.89 bits per heavy atom. The normalized spacial score (nSPS) is 18.2. The van der Waals surface area contributed by atoms with Gasteiger partial charge in [-0.25, -0.2) is 4.98 Å². The maximum Gasteiger partial charge on any atom is 0.255 e. The molecule has 0 unspecified atom stereocenters. The van der Waals surface area contributed by atoms with Crippen LogP contribution in [-0.2, 0) is 0 Å². The first-order valence-electron chi connectivity index (χ1n) is 6.65. The highest BCUT2D eigenvalue weighted by molar-refractivity contribution is 8.00. The molecule has 1 aromatic rings. The van der Waals surface area contributed by atoms with Crippen LogP contribution in [0.3, 0.4) is 0 Å². The van der Waals surface area contributed by atoms with Gasteiger partial charge in [0, 0.05) is 36.3 Å². The number of nitrogens with zero attached hydrogens (tertiary/aromatic N) is 2. The van der Waals surface area contributed by atoms with Gasteiger partial charge in [0.2, 0.25) is 0 Å². The highest BCUT2D eigenvalue weighted by Crippen LogP contribution is 2.30. The Morgan fingerprint density at radius 1 is 1.53 bits per heavy atom. The van der Waals surface area contributed by atoms with E-state index in [1.54, 1.807) is 6.20 Å². The smallest absolute Gasteiger partial charge is 0.255 e. The van der Waals surface area contributed by atoms with Gasteiger partial charge in [0.05, 0.1) is 5.56 Å². The Labute approximate surface area is 119 Å². The highest BCUT2D eigenvalue weighted by Gasteiger charge is 2.30. The summed E-state index contributed by atoms with van der Waals surface area (Å²) < 4.78 is 0.144. The summed E-state index contributed by atoms with van der Waals surface area (Å²) >= 11 is 1.93. The summed E-state index contributed by atoms with van der Waals surface area (Å²) in [5, 5.41) is 3.13. The number of amides is 1. The first-order valence-corrected chi connectivity index (χ1v) is 7.63. The van der Waals surface area contributed by atoms with E-state index in [1.807, 2.05) is 35.7 Å². The Balaban J connectivity index is 2.06. The molecule has 5 heteroatoms. The van der Waals surface area contributed by atoms with E-state index < -0.39 is 0 Å². The lowest BCUT2D eigenvalue weighted by molar-refractivity contribution is 0.0747. The van der Waals surface area contributed by atoms with Gasteiger partial charge >= 0.3 is 0 Å². The Morgan fingerprint density at radius 2 is 2.32 bits per heavy atom. The number of hydrogen-bond acceptors (Lipinski definition) is 4. The third-order valence-electron chi connectivity index (χ3n) is 3.08. The number of nitrogens with one attached hydrogen (secondary N) is 1. The third kappa shape index (κ3) is 3.62. The molecule has 0 atom stereocenters. The first kappa shape index (κ1) is 14.2. The lowest BCUT2D eigenvalue weighted by atomic mass is 10.1. The standard InChI is InChI=1S/C14H21N3OS/c1-4-15-12-6-5-11(9-16-12)13(18)17-7-8-19-14(2,3)10-17/h5-6,9H,4,7-8,10H2,1-3H3,(H,15,16). The molecule has 0 aromatic carbocycles. The quantitative estimate of drug-likeness (QED) is 0.923. The molecule has 2 heterocycles. The van der Waals surface area contributed by atoms with Crippen molar-refractivity contribution in [3.05, 3.63) is 23.9 Å². The molecule has 1 aliphatic rings. The summed E-state index contributed by atoms with van der Waals surface area (Å²) in [6.45, 7) is 8.84. The summed E-state index contributed by atoms with van der Waals surface area (Å²) in [4.78, 5) is 18.6. The maximum atomic E-state index is 12.4. The molecule has 1 fully saturated rings. The van der Waals surface area contributed by atoms with Crippen molar-refractivity contribution in [3.8, 4) is 0 Å². The molecule has 0 bridgehead atoms. The maximum absolute atomic E-state index is 12.4. The van der Waals surface area contributed by atoms with Crippen LogP contribution in [0.1, 0.15) is 31.1 Å². The zero-order chi connectivity index (χ0) is 13.9. The largest absolute Gasteiger partial charge is 0.370 e. The van der Waals surface area contributed by atoms with Crippen molar-refractivity contribution in [1.29, 1.82) is 0 Å². The number of hydrogen-bond donors (Lipinski definition) is 1. The minimum absolute atomic E-state index is 0.0870. The van der Waals surface area contributed by atoms with E-state index >= 15 is 0 Å². The van der Waals surface area contributed by atoms with E-state index in [-0.39, 0.29) is 10.7 Å². The number of carbonyl (C=O) groups excluding carboxylic acids is 1. The second-order valence-electron chi connectivity index (χ2n) is 5.30. The van der Waals surface area contributed by atoms with Crippen molar-refractivity contribution in [2.45, 2.75) is 25.5 Å². The number of pyridine rings is 1. The molecule has 104 valence electrons. The number of rotatable bonds is 3. The van der Waals surface area contributed by atoms with Gasteiger partial charge in [0.25, 0.3) is 5.91 Å². The van der Waals surface area contributed by atoms with E-state index in [9.17, 15) is 4.79 Å². The molecule has 0 saturated carbocycles. The molecule has 1 N–H and O–H groups in total. The number of thioether (sulfide) groups is 1. The molecule has 1 saturated heterocycles. The van der Waals surface area contributed by atoms with Crippen LogP contribution in [0.5, 0.6) is 0 Å². The van der Waals surface area contributed by atoms with Crippen molar-refractivity contribution in [2.75, 3.05) is 30.7 Å². The molecule has 2 rings (SSSR count). The zero-order valence-corrected chi connectivity index (χ0v) is 12.6. The van der Waals surface area contributed by atoms with Crippen LogP contribution < -0.4 is 5.32 Å². The van der Waals surface area contributed by atoms with Gasteiger partial charge in [0.1, 0.15) is 5.82 Å². The summed E-state index contributed by atoms with van der Waals surface area (Å²) in [5.74, 6) is 1.90. The predicted molar refractivity (Wildman–Crippen MR) is 80.8 cm³/mol. The Kier molecular flexibility index (Phi) is 4.34. The van der Waals surface area contributed by atoms with Crippen LogP contribution in [0.4, 0.5) is 5.82 Å². The van der Waals surface area contributed by atoms with Crippen LogP contribution in [0.25, 0.3) is 0 Å². The van der Waals surface area contributed by atoms with E-state index in [4.69, 9.17) is 0 Å². The molecular formula is C14H21N3OS. The molecule has 1 aromatic heterocycles. The van der Waals surface area contributed by atoms with E-state index in [0.717, 1.165) is 31.2 Å². The number of carbonyl (C=O) groups is 1. The van der Waals surface area contributed by atoms with Crippen molar-refractivity contribution in [2.24, 2.45) is 0 Å². The lowest BCUT2D eigenvalue weighted by Crippen LogP contribution is -2.46. The molecule has 0 radical (unpaired) electrons. The van der Waals surface area contributed by atoms with Gasteiger partial charge in [0.15, 0.2) is 0 Å². The zero-order valence-electron chi connectivity index (χ0n) is 11.8. The van der Waals surface area contributed by atoms with Gasteiger partial charge in [-0.15, -0.1) is 0 Å². The highest BCUT2D eigenvalue weighted by atomic mass is 32.2. The predicted octanol–water partition coefficient (Wildman–Crippen LogP) is 2.48. The number of aromatic nitrogens is 1. The summed E-state index contributed by atoms with van der Waals surface area (Å²) in [5.41, 5.74) is 0.671. The summed E-state index contributed by atoms with van der Waals surface area (Å²) in [6, 6.07) is 3.71. The Bertz CT molecular complexity index is 445. The van der Waals surface area contributed by atoms with Crippen LogP contribution in [0, 0.1) is 0 Å². The van der Waals surface area contributed by atoms with Crippen molar-refractivity contribution in [1.82, 2.24) is 9.88 Å². The van der Waals surface area contributed by atoms with Crippen molar-refractivity contribution in [3.63, 3.8) is 0 Å². The van der Waals surface area contributed by atoms with Gasteiger partial charge < -0.3 is 10.2 Å². The Hall–Kier alpha value is -1.23. The minimum Gasteiger partial charge on any atom is -0.370 e. The summed E-state index contributed by atoms with van der Waals surface area (Å²) in [7, 11) is 0.